The van der Waals surface area contributed by atoms with Gasteiger partial charge in [-0.2, -0.15) is 0 Å². The van der Waals surface area contributed by atoms with Crippen molar-refractivity contribution in [3.8, 4) is 0 Å². The Kier molecular flexibility index (Phi) is 5.58. The van der Waals surface area contributed by atoms with Crippen LogP contribution in [0.15, 0.2) is 59.7 Å². The summed E-state index contributed by atoms with van der Waals surface area (Å²) in [5, 5.41) is 6.56. The van der Waals surface area contributed by atoms with Gasteiger partial charge in [-0.25, -0.2) is 4.98 Å². The Bertz CT molecular complexity index is 1380. The quantitative estimate of drug-likeness (QED) is 0.478. The third kappa shape index (κ3) is 4.08. The number of amides is 2. The number of aryl methyl sites for hydroxylation is 2. The van der Waals surface area contributed by atoms with Gasteiger partial charge in [-0.3, -0.25) is 14.4 Å². The molecule has 31 heavy (non-hydrogen) atoms. The zero-order valence-electron chi connectivity index (χ0n) is 16.6. The minimum absolute atomic E-state index is 0.208. The molecule has 2 aromatic heterocycles. The van der Waals surface area contributed by atoms with Crippen LogP contribution in [0.5, 0.6) is 0 Å². The van der Waals surface area contributed by atoms with Gasteiger partial charge in [-0.15, -0.1) is 11.3 Å². The fourth-order valence-electron chi connectivity index (χ4n) is 3.13. The number of aromatic nitrogens is 2. The van der Waals surface area contributed by atoms with Gasteiger partial charge < -0.3 is 15.2 Å². The van der Waals surface area contributed by atoms with Gasteiger partial charge in [0.2, 0.25) is 0 Å². The topological polar surface area (TPSA) is 93.1 Å². The monoisotopic (exact) mass is 452 g/mol. The summed E-state index contributed by atoms with van der Waals surface area (Å²) in [6, 6.07) is 13.4. The molecule has 0 aliphatic rings. The molecule has 7 nitrogen and oxygen atoms in total. The van der Waals surface area contributed by atoms with Crippen LogP contribution in [0.1, 0.15) is 25.6 Å². The van der Waals surface area contributed by atoms with Crippen LogP contribution >= 0.6 is 22.9 Å². The predicted molar refractivity (Wildman–Crippen MR) is 123 cm³/mol. The number of carbonyl (C=O) groups excluding carboxylic acids is 2. The van der Waals surface area contributed by atoms with Crippen molar-refractivity contribution in [1.82, 2.24) is 9.55 Å². The van der Waals surface area contributed by atoms with Crippen LogP contribution in [0.2, 0.25) is 5.02 Å². The molecule has 2 heterocycles. The van der Waals surface area contributed by atoms with Crippen LogP contribution in [0.3, 0.4) is 0 Å². The highest BCUT2D eigenvalue weighted by molar-refractivity contribution is 7.20. The lowest BCUT2D eigenvalue weighted by Gasteiger charge is -2.11. The van der Waals surface area contributed by atoms with Gasteiger partial charge in [0, 0.05) is 17.8 Å². The molecule has 0 spiro atoms. The summed E-state index contributed by atoms with van der Waals surface area (Å²) in [6.07, 6.45) is 1.43. The summed E-state index contributed by atoms with van der Waals surface area (Å²) in [5.74, 6) is -0.781. The Morgan fingerprint density at radius 2 is 1.74 bits per heavy atom. The number of anilines is 2. The second-order valence-corrected chi connectivity index (χ2v) is 8.29. The van der Waals surface area contributed by atoms with E-state index in [1.165, 1.54) is 10.9 Å². The fourth-order valence-corrected chi connectivity index (χ4v) is 4.29. The third-order valence-corrected chi connectivity index (χ3v) is 6.19. The molecule has 2 aromatic carbocycles. The summed E-state index contributed by atoms with van der Waals surface area (Å²) >= 11 is 7.02. The summed E-state index contributed by atoms with van der Waals surface area (Å²) in [6.45, 7) is 1.72. The molecule has 0 aliphatic carbocycles. The van der Waals surface area contributed by atoms with Crippen LogP contribution in [0, 0.1) is 6.92 Å². The molecule has 0 atom stereocenters. The largest absolute Gasteiger partial charge is 0.322 e. The standard InChI is InChI=1S/C22H17ClN4O3S/c1-12-17-21(24-11-27(2)22(17)30)31-18(12)20(29)26-16-6-4-3-5-15(16)19(28)25-14-9-7-13(23)8-10-14/h3-11H,1-2H3,(H,25,28)(H,26,29). The van der Waals surface area contributed by atoms with E-state index in [0.717, 1.165) is 11.3 Å². The second kappa shape index (κ2) is 8.33. The van der Waals surface area contributed by atoms with Gasteiger partial charge in [-0.1, -0.05) is 23.7 Å². The maximum Gasteiger partial charge on any atom is 0.266 e. The van der Waals surface area contributed by atoms with Crippen LogP contribution in [0.25, 0.3) is 10.2 Å². The molecular weight excluding hydrogens is 436 g/mol. The highest BCUT2D eigenvalue weighted by atomic mass is 35.5. The van der Waals surface area contributed by atoms with E-state index in [1.807, 2.05) is 0 Å². The number of nitrogens with one attached hydrogen (secondary N) is 2. The Hall–Kier alpha value is -3.49. The fraction of sp³-hybridized carbons (Fsp3) is 0.0909. The predicted octanol–water partition coefficient (Wildman–Crippen LogP) is 4.46. The molecule has 156 valence electrons. The summed E-state index contributed by atoms with van der Waals surface area (Å²) in [4.78, 5) is 43.3. The minimum atomic E-state index is -0.408. The first-order valence-electron chi connectivity index (χ1n) is 9.27. The highest BCUT2D eigenvalue weighted by Gasteiger charge is 2.21. The number of hydrogen-bond acceptors (Lipinski definition) is 5. The number of benzene rings is 2. The molecule has 2 N–H and O–H groups in total. The lowest BCUT2D eigenvalue weighted by molar-refractivity contribution is 0.102. The first-order valence-corrected chi connectivity index (χ1v) is 10.5. The van der Waals surface area contributed by atoms with E-state index in [2.05, 4.69) is 15.6 Å². The van der Waals surface area contributed by atoms with Gasteiger partial charge in [0.1, 0.15) is 4.83 Å². The van der Waals surface area contributed by atoms with E-state index in [1.54, 1.807) is 62.5 Å². The van der Waals surface area contributed by atoms with E-state index in [4.69, 9.17) is 11.6 Å². The smallest absolute Gasteiger partial charge is 0.266 e. The number of halogens is 1. The number of para-hydroxylation sites is 1. The van der Waals surface area contributed by atoms with E-state index in [9.17, 15) is 14.4 Å². The lowest BCUT2D eigenvalue weighted by Crippen LogP contribution is -2.19. The van der Waals surface area contributed by atoms with Gasteiger partial charge in [-0.05, 0) is 48.9 Å². The van der Waals surface area contributed by atoms with Crippen molar-refractivity contribution in [2.75, 3.05) is 10.6 Å². The molecule has 0 fully saturated rings. The van der Waals surface area contributed by atoms with Gasteiger partial charge in [0.25, 0.3) is 17.4 Å². The number of carbonyl (C=O) groups is 2. The van der Waals surface area contributed by atoms with E-state index >= 15 is 0 Å². The van der Waals surface area contributed by atoms with Gasteiger partial charge in [0.15, 0.2) is 0 Å². The Morgan fingerprint density at radius 1 is 1.03 bits per heavy atom. The van der Waals surface area contributed by atoms with E-state index < -0.39 is 5.91 Å². The average Bonchev–Trinajstić information content (AvgIpc) is 3.10. The molecule has 0 saturated heterocycles. The minimum Gasteiger partial charge on any atom is -0.322 e. The molecular formula is C22H17ClN4O3S. The zero-order valence-corrected chi connectivity index (χ0v) is 18.2. The van der Waals surface area contributed by atoms with Gasteiger partial charge >= 0.3 is 0 Å². The molecule has 0 aliphatic heterocycles. The summed E-state index contributed by atoms with van der Waals surface area (Å²) in [7, 11) is 1.61. The van der Waals surface area contributed by atoms with Crippen LogP contribution in [-0.2, 0) is 7.05 Å². The SMILES string of the molecule is Cc1c(C(=O)Nc2ccccc2C(=O)Nc2ccc(Cl)cc2)sc2ncn(C)c(=O)c12. The Balaban J connectivity index is 1.62. The first kappa shape index (κ1) is 20.8. The molecule has 2 amide bonds. The van der Waals surface area contributed by atoms with Crippen molar-refractivity contribution >= 4 is 56.3 Å². The molecule has 0 radical (unpaired) electrons. The van der Waals surface area contributed by atoms with Crippen molar-refractivity contribution in [3.05, 3.63) is 86.2 Å². The summed E-state index contributed by atoms with van der Waals surface area (Å²) < 4.78 is 1.38. The average molecular weight is 453 g/mol. The van der Waals surface area contributed by atoms with Crippen molar-refractivity contribution in [2.24, 2.45) is 7.05 Å². The number of rotatable bonds is 4. The normalized spacial score (nSPS) is 10.8. The molecule has 0 unspecified atom stereocenters. The lowest BCUT2D eigenvalue weighted by atomic mass is 10.1. The molecule has 0 bridgehead atoms. The van der Waals surface area contributed by atoms with E-state index in [-0.39, 0.29) is 11.5 Å². The van der Waals surface area contributed by atoms with E-state index in [0.29, 0.717) is 42.6 Å². The zero-order chi connectivity index (χ0) is 22.1. The van der Waals surface area contributed by atoms with Crippen molar-refractivity contribution in [1.29, 1.82) is 0 Å². The first-order chi connectivity index (χ1) is 14.8. The van der Waals surface area contributed by atoms with Crippen molar-refractivity contribution in [3.63, 3.8) is 0 Å². The maximum atomic E-state index is 13.0. The highest BCUT2D eigenvalue weighted by Crippen LogP contribution is 2.28. The van der Waals surface area contributed by atoms with Crippen molar-refractivity contribution < 1.29 is 9.59 Å². The van der Waals surface area contributed by atoms with Crippen LogP contribution in [-0.4, -0.2) is 21.4 Å². The number of fused-ring (bicyclic) bond motifs is 1. The molecule has 4 aromatic rings. The van der Waals surface area contributed by atoms with Gasteiger partial charge in [0.05, 0.1) is 27.8 Å². The molecule has 9 heteroatoms. The second-order valence-electron chi connectivity index (χ2n) is 6.86. The Labute approximate surface area is 186 Å². The Morgan fingerprint density at radius 3 is 2.48 bits per heavy atom. The van der Waals surface area contributed by atoms with Crippen LogP contribution < -0.4 is 16.2 Å². The number of nitrogens with zero attached hydrogens (tertiary/aromatic N) is 2. The third-order valence-electron chi connectivity index (χ3n) is 4.74. The number of thiophene rings is 1. The maximum absolute atomic E-state index is 13.0. The van der Waals surface area contributed by atoms with Crippen LogP contribution in [0.4, 0.5) is 11.4 Å². The van der Waals surface area contributed by atoms with Crippen molar-refractivity contribution in [2.45, 2.75) is 6.92 Å². The molecule has 0 saturated carbocycles. The summed E-state index contributed by atoms with van der Waals surface area (Å²) in [5.41, 5.74) is 1.60. The molecule has 4 rings (SSSR count). The number of hydrogen-bond donors (Lipinski definition) is 2.